The first-order valence-electron chi connectivity index (χ1n) is 5.69. The number of aromatic amines is 1. The Morgan fingerprint density at radius 2 is 2.10 bits per heavy atom. The second kappa shape index (κ2) is 6.35. The van der Waals surface area contributed by atoms with Crippen LogP contribution in [0.25, 0.3) is 6.08 Å². The lowest BCUT2D eigenvalue weighted by atomic mass is 10.1. The lowest BCUT2D eigenvalue weighted by Crippen LogP contribution is -2.38. The predicted molar refractivity (Wildman–Crippen MR) is 79.0 cm³/mol. The number of aliphatic hydroxyl groups excluding tert-OH is 2. The highest BCUT2D eigenvalue weighted by atomic mass is 79.9. The number of H-pyrrole nitrogens is 1. The summed E-state index contributed by atoms with van der Waals surface area (Å²) >= 11 is 6.20. The second-order valence-corrected chi connectivity index (χ2v) is 5.42. The molecule has 0 radical (unpaired) electrons. The van der Waals surface area contributed by atoms with E-state index in [1.165, 1.54) is 17.3 Å². The van der Waals surface area contributed by atoms with Crippen molar-refractivity contribution >= 4 is 37.9 Å². The van der Waals surface area contributed by atoms with Crippen LogP contribution < -0.4 is 11.2 Å². The van der Waals surface area contributed by atoms with Gasteiger partial charge in [-0.1, -0.05) is 31.9 Å². The molecule has 0 saturated carbocycles. The van der Waals surface area contributed by atoms with Gasteiger partial charge >= 0.3 is 5.69 Å². The fourth-order valence-electron chi connectivity index (χ4n) is 1.96. The molecule has 2 unspecified atom stereocenters. The minimum absolute atomic E-state index is 0.217. The molecule has 7 nitrogen and oxygen atoms in total. The van der Waals surface area contributed by atoms with Crippen molar-refractivity contribution in [3.05, 3.63) is 37.6 Å². The summed E-state index contributed by atoms with van der Waals surface area (Å²) in [7, 11) is 0. The summed E-state index contributed by atoms with van der Waals surface area (Å²) in [5, 5.41) is 20.1. The summed E-state index contributed by atoms with van der Waals surface area (Å²) in [6.07, 6.45) is -1.34. The van der Waals surface area contributed by atoms with Crippen molar-refractivity contribution in [3.63, 3.8) is 0 Å². The molecule has 2 heterocycles. The van der Waals surface area contributed by atoms with Crippen molar-refractivity contribution in [2.45, 2.75) is 24.5 Å². The summed E-state index contributed by atoms with van der Waals surface area (Å²) < 4.78 is 6.49. The van der Waals surface area contributed by atoms with Gasteiger partial charge in [-0.15, -0.1) is 0 Å². The topological polar surface area (TPSA) is 105 Å². The van der Waals surface area contributed by atoms with E-state index >= 15 is 0 Å². The zero-order valence-corrected chi connectivity index (χ0v) is 13.2. The molecule has 110 valence electrons. The lowest BCUT2D eigenvalue weighted by Gasteiger charge is -2.17. The number of aliphatic hydroxyl groups is 2. The van der Waals surface area contributed by atoms with Gasteiger partial charge in [0.1, 0.15) is 12.2 Å². The molecule has 0 aliphatic carbocycles. The van der Waals surface area contributed by atoms with Crippen molar-refractivity contribution < 1.29 is 14.9 Å². The van der Waals surface area contributed by atoms with Crippen molar-refractivity contribution in [2.75, 3.05) is 5.33 Å². The van der Waals surface area contributed by atoms with E-state index < -0.39 is 35.8 Å². The third kappa shape index (κ3) is 2.82. The van der Waals surface area contributed by atoms with Gasteiger partial charge in [-0.05, 0) is 11.1 Å². The van der Waals surface area contributed by atoms with Crippen LogP contribution >= 0.6 is 31.9 Å². The van der Waals surface area contributed by atoms with Crippen LogP contribution in [0.1, 0.15) is 11.8 Å². The van der Waals surface area contributed by atoms with E-state index in [4.69, 9.17) is 4.74 Å². The van der Waals surface area contributed by atoms with Crippen LogP contribution in [0.4, 0.5) is 0 Å². The zero-order valence-electron chi connectivity index (χ0n) is 10.1. The SMILES string of the molecule is O=c1[nH]c(=O)n([C@H]2O[C@@H](CBr)C(O)C2O)cc1/C=C/Br. The molecule has 2 rings (SSSR count). The van der Waals surface area contributed by atoms with Gasteiger partial charge in [0.2, 0.25) is 0 Å². The van der Waals surface area contributed by atoms with Gasteiger partial charge < -0.3 is 14.9 Å². The van der Waals surface area contributed by atoms with E-state index in [9.17, 15) is 19.8 Å². The van der Waals surface area contributed by atoms with Gasteiger partial charge in [-0.25, -0.2) is 4.79 Å². The molecule has 0 aromatic carbocycles. The molecule has 4 atom stereocenters. The average molecular weight is 412 g/mol. The van der Waals surface area contributed by atoms with E-state index in [1.54, 1.807) is 0 Å². The lowest BCUT2D eigenvalue weighted by molar-refractivity contribution is -0.0338. The Morgan fingerprint density at radius 1 is 1.40 bits per heavy atom. The number of aromatic nitrogens is 2. The summed E-state index contributed by atoms with van der Waals surface area (Å²) in [5.74, 6) is 0. The van der Waals surface area contributed by atoms with Gasteiger partial charge in [-0.2, -0.15) is 0 Å². The minimum Gasteiger partial charge on any atom is -0.387 e. The minimum atomic E-state index is -1.26. The number of nitrogens with zero attached hydrogens (tertiary/aromatic N) is 1. The number of halogens is 2. The molecule has 1 aromatic rings. The highest BCUT2D eigenvalue weighted by molar-refractivity contribution is 9.11. The van der Waals surface area contributed by atoms with Crippen LogP contribution in [-0.2, 0) is 4.74 Å². The van der Waals surface area contributed by atoms with E-state index in [2.05, 4.69) is 36.8 Å². The Hall–Kier alpha value is -0.740. The molecule has 0 spiro atoms. The Balaban J connectivity index is 2.46. The predicted octanol–water partition coefficient (Wildman–Crippen LogP) is -0.0837. The highest BCUT2D eigenvalue weighted by Gasteiger charge is 2.43. The van der Waals surface area contributed by atoms with E-state index in [1.807, 2.05) is 0 Å². The van der Waals surface area contributed by atoms with Gasteiger partial charge in [0.05, 0.1) is 11.7 Å². The normalized spacial score (nSPS) is 30.2. The second-order valence-electron chi connectivity index (χ2n) is 4.24. The van der Waals surface area contributed by atoms with Gasteiger partial charge in [0.15, 0.2) is 6.23 Å². The molecule has 1 aliphatic rings. The van der Waals surface area contributed by atoms with Crippen LogP contribution in [0.2, 0.25) is 0 Å². The molecule has 1 aliphatic heterocycles. The van der Waals surface area contributed by atoms with Gasteiger partial charge in [0, 0.05) is 11.5 Å². The van der Waals surface area contributed by atoms with Crippen LogP contribution in [0.3, 0.4) is 0 Å². The Labute approximate surface area is 130 Å². The zero-order chi connectivity index (χ0) is 14.9. The molecule has 0 amide bonds. The van der Waals surface area contributed by atoms with Crippen molar-refractivity contribution in [1.82, 2.24) is 9.55 Å². The van der Waals surface area contributed by atoms with Crippen molar-refractivity contribution in [3.8, 4) is 0 Å². The number of hydrogen-bond donors (Lipinski definition) is 3. The van der Waals surface area contributed by atoms with Crippen LogP contribution in [-0.4, -0.2) is 43.4 Å². The number of nitrogens with one attached hydrogen (secondary N) is 1. The quantitative estimate of drug-likeness (QED) is 0.603. The molecule has 1 saturated heterocycles. The first-order chi connectivity index (χ1) is 9.49. The molecule has 3 N–H and O–H groups in total. The summed E-state index contributed by atoms with van der Waals surface area (Å²) in [6.45, 7) is 0. The first kappa shape index (κ1) is 15.6. The molecular formula is C11H12Br2N2O5. The number of hydrogen-bond acceptors (Lipinski definition) is 5. The van der Waals surface area contributed by atoms with Crippen LogP contribution in [0.15, 0.2) is 20.8 Å². The first-order valence-corrected chi connectivity index (χ1v) is 7.73. The number of ether oxygens (including phenoxy) is 1. The molecule has 1 aromatic heterocycles. The molecule has 0 bridgehead atoms. The maximum atomic E-state index is 11.8. The maximum absolute atomic E-state index is 11.8. The summed E-state index contributed by atoms with van der Waals surface area (Å²) in [5.41, 5.74) is -1.05. The van der Waals surface area contributed by atoms with E-state index in [0.717, 1.165) is 4.57 Å². The van der Waals surface area contributed by atoms with E-state index in [0.29, 0.717) is 5.33 Å². The van der Waals surface area contributed by atoms with E-state index in [-0.39, 0.29) is 5.56 Å². The van der Waals surface area contributed by atoms with Gasteiger partial charge in [-0.3, -0.25) is 14.3 Å². The third-order valence-electron chi connectivity index (χ3n) is 3.00. The number of rotatable bonds is 3. The fraction of sp³-hybridized carbons (Fsp3) is 0.455. The molecular weight excluding hydrogens is 400 g/mol. The smallest absolute Gasteiger partial charge is 0.330 e. The van der Waals surface area contributed by atoms with Crippen molar-refractivity contribution in [1.29, 1.82) is 0 Å². The van der Waals surface area contributed by atoms with Crippen molar-refractivity contribution in [2.24, 2.45) is 0 Å². The molecule has 1 fully saturated rings. The standard InChI is InChI=1S/C11H12Br2N2O5/c12-2-1-5-4-15(11(19)14-9(5)18)10-8(17)7(16)6(3-13)20-10/h1-2,4,6-8,10,16-17H,3H2,(H,14,18,19)/b2-1+/t6-,7?,8?,10-/m0/s1. The fourth-order valence-corrected chi connectivity index (χ4v) is 2.78. The highest BCUT2D eigenvalue weighted by Crippen LogP contribution is 2.29. The van der Waals surface area contributed by atoms with Crippen LogP contribution in [0, 0.1) is 0 Å². The van der Waals surface area contributed by atoms with Crippen LogP contribution in [0.5, 0.6) is 0 Å². The van der Waals surface area contributed by atoms with Gasteiger partial charge in [0.25, 0.3) is 5.56 Å². The Morgan fingerprint density at radius 3 is 2.65 bits per heavy atom. The Bertz CT molecular complexity index is 626. The monoisotopic (exact) mass is 410 g/mol. The number of alkyl halides is 1. The summed E-state index contributed by atoms with van der Waals surface area (Å²) in [6, 6.07) is 0. The molecule has 9 heteroatoms. The molecule has 20 heavy (non-hydrogen) atoms. The largest absolute Gasteiger partial charge is 0.387 e. The summed E-state index contributed by atoms with van der Waals surface area (Å²) in [4.78, 5) is 27.0. The Kier molecular flexibility index (Phi) is 4.97. The average Bonchev–Trinajstić information content (AvgIpc) is 2.70. The maximum Gasteiger partial charge on any atom is 0.330 e. The third-order valence-corrected chi connectivity index (χ3v) is 3.90.